The molecule has 0 saturated heterocycles. The van der Waals surface area contributed by atoms with Crippen LogP contribution in [0.3, 0.4) is 0 Å². The molecule has 1 aromatic carbocycles. The SMILES string of the molecule is c1ccc(Nc2nc(-n3ccnc3)cs2)cc1. The summed E-state index contributed by atoms with van der Waals surface area (Å²) in [5.41, 5.74) is 1.04. The highest BCUT2D eigenvalue weighted by atomic mass is 32.1. The molecule has 84 valence electrons. The van der Waals surface area contributed by atoms with Crippen molar-refractivity contribution in [3.05, 3.63) is 54.4 Å². The first-order valence-corrected chi connectivity index (χ1v) is 6.06. The van der Waals surface area contributed by atoms with Crippen LogP contribution in [0.1, 0.15) is 0 Å². The van der Waals surface area contributed by atoms with Crippen molar-refractivity contribution < 1.29 is 0 Å². The van der Waals surface area contributed by atoms with Crippen LogP contribution < -0.4 is 5.32 Å². The van der Waals surface area contributed by atoms with Gasteiger partial charge in [-0.05, 0) is 12.1 Å². The van der Waals surface area contributed by atoms with Gasteiger partial charge in [-0.3, -0.25) is 4.57 Å². The molecule has 0 unspecified atom stereocenters. The fourth-order valence-electron chi connectivity index (χ4n) is 1.48. The van der Waals surface area contributed by atoms with Gasteiger partial charge in [0.2, 0.25) is 0 Å². The maximum atomic E-state index is 4.48. The topological polar surface area (TPSA) is 42.7 Å². The van der Waals surface area contributed by atoms with Crippen molar-refractivity contribution in [2.24, 2.45) is 0 Å². The summed E-state index contributed by atoms with van der Waals surface area (Å²) in [6, 6.07) is 10.00. The third-order valence-electron chi connectivity index (χ3n) is 2.29. The number of hydrogen-bond acceptors (Lipinski definition) is 4. The van der Waals surface area contributed by atoms with E-state index in [1.807, 2.05) is 46.5 Å². The van der Waals surface area contributed by atoms with Gasteiger partial charge in [0, 0.05) is 23.5 Å². The van der Waals surface area contributed by atoms with E-state index in [4.69, 9.17) is 0 Å². The summed E-state index contributed by atoms with van der Waals surface area (Å²) in [4.78, 5) is 8.48. The van der Waals surface area contributed by atoms with Crippen LogP contribution in [0.25, 0.3) is 5.82 Å². The van der Waals surface area contributed by atoms with Gasteiger partial charge in [-0.25, -0.2) is 9.97 Å². The summed E-state index contributed by atoms with van der Waals surface area (Å²) in [6.07, 6.45) is 5.35. The Labute approximate surface area is 103 Å². The van der Waals surface area contributed by atoms with Gasteiger partial charge in [0.1, 0.15) is 6.33 Å². The Morgan fingerprint density at radius 3 is 2.82 bits per heavy atom. The molecule has 2 aromatic heterocycles. The van der Waals surface area contributed by atoms with Crippen LogP contribution in [0.4, 0.5) is 10.8 Å². The third kappa shape index (κ3) is 2.19. The number of hydrogen-bond donors (Lipinski definition) is 1. The Bertz CT molecular complexity index is 586. The van der Waals surface area contributed by atoms with Crippen molar-refractivity contribution in [2.75, 3.05) is 5.32 Å². The van der Waals surface area contributed by atoms with Crippen LogP contribution in [0.15, 0.2) is 54.4 Å². The van der Waals surface area contributed by atoms with Crippen molar-refractivity contribution in [3.8, 4) is 5.82 Å². The quantitative estimate of drug-likeness (QED) is 0.767. The number of aromatic nitrogens is 3. The molecule has 0 spiro atoms. The number of anilines is 2. The largest absolute Gasteiger partial charge is 0.331 e. The van der Waals surface area contributed by atoms with Crippen LogP contribution in [-0.2, 0) is 0 Å². The first-order valence-electron chi connectivity index (χ1n) is 5.18. The molecule has 0 atom stereocenters. The van der Waals surface area contributed by atoms with Gasteiger partial charge in [0.15, 0.2) is 10.9 Å². The standard InChI is InChI=1S/C12H10N4S/c1-2-4-10(5-3-1)14-12-15-11(8-17-12)16-7-6-13-9-16/h1-9H,(H,14,15). The van der Waals surface area contributed by atoms with Crippen LogP contribution in [0.2, 0.25) is 0 Å². The van der Waals surface area contributed by atoms with E-state index in [9.17, 15) is 0 Å². The highest BCUT2D eigenvalue weighted by Crippen LogP contribution is 2.22. The van der Waals surface area contributed by atoms with Crippen LogP contribution >= 0.6 is 11.3 Å². The predicted octanol–water partition coefficient (Wildman–Crippen LogP) is 3.07. The van der Waals surface area contributed by atoms with E-state index >= 15 is 0 Å². The van der Waals surface area contributed by atoms with Gasteiger partial charge in [-0.2, -0.15) is 0 Å². The van der Waals surface area contributed by atoms with Crippen molar-refractivity contribution in [3.63, 3.8) is 0 Å². The van der Waals surface area contributed by atoms with Crippen molar-refractivity contribution >= 4 is 22.2 Å². The van der Waals surface area contributed by atoms with Crippen molar-refractivity contribution in [2.45, 2.75) is 0 Å². The number of nitrogens with zero attached hydrogens (tertiary/aromatic N) is 3. The van der Waals surface area contributed by atoms with Gasteiger partial charge in [0.25, 0.3) is 0 Å². The van der Waals surface area contributed by atoms with Gasteiger partial charge in [-0.15, -0.1) is 11.3 Å². The van der Waals surface area contributed by atoms with E-state index in [1.54, 1.807) is 23.9 Å². The molecule has 3 aromatic rings. The van der Waals surface area contributed by atoms with E-state index in [1.165, 1.54) is 0 Å². The molecular formula is C12H10N4S. The summed E-state index contributed by atoms with van der Waals surface area (Å²) in [6.45, 7) is 0. The first-order chi connectivity index (χ1) is 8.42. The molecular weight excluding hydrogens is 232 g/mol. The van der Waals surface area contributed by atoms with Crippen molar-refractivity contribution in [1.29, 1.82) is 0 Å². The molecule has 0 amide bonds. The Balaban J connectivity index is 1.82. The predicted molar refractivity (Wildman–Crippen MR) is 69.0 cm³/mol. The number of imidazole rings is 1. The first kappa shape index (κ1) is 10.0. The molecule has 0 aliphatic rings. The van der Waals surface area contributed by atoms with Gasteiger partial charge >= 0.3 is 0 Å². The van der Waals surface area contributed by atoms with Gasteiger partial charge < -0.3 is 5.32 Å². The smallest absolute Gasteiger partial charge is 0.189 e. The lowest BCUT2D eigenvalue weighted by atomic mass is 10.3. The second-order valence-corrected chi connectivity index (χ2v) is 4.33. The minimum atomic E-state index is 0.875. The number of thiazole rings is 1. The molecule has 0 bridgehead atoms. The van der Waals surface area contributed by atoms with E-state index in [-0.39, 0.29) is 0 Å². The van der Waals surface area contributed by atoms with Gasteiger partial charge in [0.05, 0.1) is 0 Å². The normalized spacial score (nSPS) is 10.4. The molecule has 4 nitrogen and oxygen atoms in total. The lowest BCUT2D eigenvalue weighted by Gasteiger charge is -2.00. The molecule has 17 heavy (non-hydrogen) atoms. The summed E-state index contributed by atoms with van der Waals surface area (Å²) < 4.78 is 1.88. The summed E-state index contributed by atoms with van der Waals surface area (Å²) in [5, 5.41) is 6.13. The molecule has 5 heteroatoms. The Morgan fingerprint density at radius 2 is 2.06 bits per heavy atom. The van der Waals surface area contributed by atoms with E-state index < -0.39 is 0 Å². The highest BCUT2D eigenvalue weighted by molar-refractivity contribution is 7.14. The third-order valence-corrected chi connectivity index (χ3v) is 3.03. The van der Waals surface area contributed by atoms with E-state index in [0.29, 0.717) is 0 Å². The number of benzene rings is 1. The maximum absolute atomic E-state index is 4.48. The van der Waals surface area contributed by atoms with Crippen LogP contribution in [-0.4, -0.2) is 14.5 Å². The Hall–Kier alpha value is -2.14. The molecule has 0 aliphatic heterocycles. The maximum Gasteiger partial charge on any atom is 0.189 e. The fourth-order valence-corrected chi connectivity index (χ4v) is 2.20. The second kappa shape index (κ2) is 4.39. The zero-order valence-electron chi connectivity index (χ0n) is 8.95. The average Bonchev–Trinajstić information content (AvgIpc) is 3.00. The Kier molecular flexibility index (Phi) is 2.59. The fraction of sp³-hybridized carbons (Fsp3) is 0. The molecule has 0 radical (unpaired) electrons. The van der Waals surface area contributed by atoms with E-state index in [2.05, 4.69) is 15.3 Å². The summed E-state index contributed by atoms with van der Waals surface area (Å²) >= 11 is 1.57. The summed E-state index contributed by atoms with van der Waals surface area (Å²) in [5.74, 6) is 0.880. The molecule has 2 heterocycles. The molecule has 1 N–H and O–H groups in total. The minimum Gasteiger partial charge on any atom is -0.331 e. The van der Waals surface area contributed by atoms with E-state index in [0.717, 1.165) is 16.6 Å². The highest BCUT2D eigenvalue weighted by Gasteiger charge is 2.03. The minimum absolute atomic E-state index is 0.875. The zero-order valence-corrected chi connectivity index (χ0v) is 9.76. The van der Waals surface area contributed by atoms with Gasteiger partial charge in [-0.1, -0.05) is 18.2 Å². The molecule has 0 fully saturated rings. The lowest BCUT2D eigenvalue weighted by Crippen LogP contribution is -1.92. The molecule has 3 rings (SSSR count). The monoisotopic (exact) mass is 242 g/mol. The summed E-state index contributed by atoms with van der Waals surface area (Å²) in [7, 11) is 0. The number of nitrogens with one attached hydrogen (secondary N) is 1. The lowest BCUT2D eigenvalue weighted by molar-refractivity contribution is 1.01. The number of para-hydroxylation sites is 1. The Morgan fingerprint density at radius 1 is 1.18 bits per heavy atom. The zero-order chi connectivity index (χ0) is 11.5. The van der Waals surface area contributed by atoms with Crippen LogP contribution in [0, 0.1) is 0 Å². The number of rotatable bonds is 3. The average molecular weight is 242 g/mol. The second-order valence-electron chi connectivity index (χ2n) is 3.47. The molecule has 0 saturated carbocycles. The van der Waals surface area contributed by atoms with Crippen molar-refractivity contribution in [1.82, 2.24) is 14.5 Å². The molecule has 0 aliphatic carbocycles. The van der Waals surface area contributed by atoms with Crippen LogP contribution in [0.5, 0.6) is 0 Å².